The van der Waals surface area contributed by atoms with Gasteiger partial charge in [0, 0.05) is 5.56 Å². The molecule has 1 unspecified atom stereocenters. The minimum Gasteiger partial charge on any atom is -0.384 e. The van der Waals surface area contributed by atoms with Gasteiger partial charge in [-0.2, -0.15) is 0 Å². The molecule has 2 rings (SSSR count). The van der Waals surface area contributed by atoms with Crippen LogP contribution in [-0.4, -0.2) is 5.11 Å². The maximum atomic E-state index is 13.4. The van der Waals surface area contributed by atoms with E-state index in [1.165, 1.54) is 11.3 Å². The lowest BCUT2D eigenvalue weighted by atomic mass is 10.0. The number of hydrogen-bond acceptors (Lipinski definition) is 2. The van der Waals surface area contributed by atoms with Crippen LogP contribution in [0.15, 0.2) is 23.6 Å². The minimum atomic E-state index is -1.56. The van der Waals surface area contributed by atoms with Crippen molar-refractivity contribution in [1.29, 1.82) is 0 Å². The molecule has 90 valence electrons. The van der Waals surface area contributed by atoms with Gasteiger partial charge in [0.1, 0.15) is 6.10 Å². The molecule has 2 aromatic rings. The van der Waals surface area contributed by atoms with Gasteiger partial charge in [-0.25, -0.2) is 13.2 Å². The van der Waals surface area contributed by atoms with Gasteiger partial charge < -0.3 is 5.11 Å². The second-order valence-corrected chi connectivity index (χ2v) is 6.16. The highest BCUT2D eigenvalue weighted by Crippen LogP contribution is 2.29. The Labute approximate surface area is 113 Å². The zero-order valence-corrected chi connectivity index (χ0v) is 11.2. The van der Waals surface area contributed by atoms with E-state index in [1.54, 1.807) is 11.4 Å². The smallest absolute Gasteiger partial charge is 0.194 e. The second-order valence-electron chi connectivity index (χ2n) is 3.35. The Bertz CT molecular complexity index is 556. The Kier molecular flexibility index (Phi) is 3.74. The average Bonchev–Trinajstić information content (AvgIpc) is 2.72. The Morgan fingerprint density at radius 3 is 2.47 bits per heavy atom. The molecular formula is C11H6F3IOS. The van der Waals surface area contributed by atoms with Crippen LogP contribution in [0, 0.1) is 20.3 Å². The van der Waals surface area contributed by atoms with E-state index < -0.39 is 23.6 Å². The van der Waals surface area contributed by atoms with Gasteiger partial charge in [-0.15, -0.1) is 11.3 Å². The Hall–Kier alpha value is -0.600. The van der Waals surface area contributed by atoms with Gasteiger partial charge in [-0.3, -0.25) is 0 Å². The van der Waals surface area contributed by atoms with Crippen molar-refractivity contribution in [3.05, 3.63) is 55.0 Å². The standard InChI is InChI=1S/C11H6F3IOS/c12-7-2-1-6(9(13)10(7)14)11(16)5-3-8(15)17-4-5/h1-4,11,16H. The highest BCUT2D eigenvalue weighted by Gasteiger charge is 2.21. The van der Waals surface area contributed by atoms with Crippen LogP contribution < -0.4 is 0 Å². The van der Waals surface area contributed by atoms with Gasteiger partial charge in [-0.05, 0) is 45.7 Å². The normalized spacial score (nSPS) is 12.8. The number of thiophene rings is 1. The van der Waals surface area contributed by atoms with Crippen molar-refractivity contribution >= 4 is 33.9 Å². The van der Waals surface area contributed by atoms with Crippen LogP contribution in [0.3, 0.4) is 0 Å². The average molecular weight is 370 g/mol. The van der Waals surface area contributed by atoms with E-state index in [9.17, 15) is 18.3 Å². The third kappa shape index (κ3) is 2.48. The lowest BCUT2D eigenvalue weighted by Gasteiger charge is -2.10. The van der Waals surface area contributed by atoms with Crippen molar-refractivity contribution in [2.45, 2.75) is 6.10 Å². The summed E-state index contributed by atoms with van der Waals surface area (Å²) in [5.74, 6) is -4.18. The molecule has 1 atom stereocenters. The molecule has 6 heteroatoms. The zero-order chi connectivity index (χ0) is 12.6. The van der Waals surface area contributed by atoms with Crippen LogP contribution in [0.2, 0.25) is 0 Å². The van der Waals surface area contributed by atoms with Crippen LogP contribution >= 0.6 is 33.9 Å². The van der Waals surface area contributed by atoms with Crippen LogP contribution in [0.1, 0.15) is 17.2 Å². The van der Waals surface area contributed by atoms with Crippen molar-refractivity contribution in [3.8, 4) is 0 Å². The van der Waals surface area contributed by atoms with Crippen molar-refractivity contribution in [2.75, 3.05) is 0 Å². The summed E-state index contributed by atoms with van der Waals surface area (Å²) in [7, 11) is 0. The van der Waals surface area contributed by atoms with Gasteiger partial charge in [0.25, 0.3) is 0 Å². The predicted molar refractivity (Wildman–Crippen MR) is 67.4 cm³/mol. The minimum absolute atomic E-state index is 0.266. The first-order chi connectivity index (χ1) is 8.00. The molecule has 0 aliphatic rings. The molecular weight excluding hydrogens is 364 g/mol. The summed E-state index contributed by atoms with van der Waals surface area (Å²) in [6.07, 6.45) is -1.29. The summed E-state index contributed by atoms with van der Waals surface area (Å²) in [6, 6.07) is 3.51. The molecule has 17 heavy (non-hydrogen) atoms. The number of benzene rings is 1. The summed E-state index contributed by atoms with van der Waals surface area (Å²) in [4.78, 5) is 0. The lowest BCUT2D eigenvalue weighted by Crippen LogP contribution is -2.04. The van der Waals surface area contributed by atoms with Crippen molar-refractivity contribution < 1.29 is 18.3 Å². The fourth-order valence-electron chi connectivity index (χ4n) is 1.40. The van der Waals surface area contributed by atoms with Crippen molar-refractivity contribution in [2.24, 2.45) is 0 Å². The summed E-state index contributed by atoms with van der Waals surface area (Å²) in [6.45, 7) is 0. The first kappa shape index (κ1) is 12.8. The highest BCUT2D eigenvalue weighted by molar-refractivity contribution is 14.1. The molecule has 1 N–H and O–H groups in total. The lowest BCUT2D eigenvalue weighted by molar-refractivity contribution is 0.213. The largest absolute Gasteiger partial charge is 0.384 e. The predicted octanol–water partition coefficient (Wildman–Crippen LogP) is 3.85. The fraction of sp³-hybridized carbons (Fsp3) is 0.0909. The molecule has 1 nitrogen and oxygen atoms in total. The molecule has 0 spiro atoms. The molecule has 0 amide bonds. The number of rotatable bonds is 2. The highest BCUT2D eigenvalue weighted by atomic mass is 127. The van der Waals surface area contributed by atoms with Gasteiger partial charge in [0.15, 0.2) is 17.5 Å². The molecule has 0 bridgehead atoms. The molecule has 0 saturated heterocycles. The summed E-state index contributed by atoms with van der Waals surface area (Å²) in [5, 5.41) is 11.5. The maximum absolute atomic E-state index is 13.4. The Balaban J connectivity index is 2.44. The van der Waals surface area contributed by atoms with Crippen LogP contribution in [0.4, 0.5) is 13.2 Å². The third-order valence-electron chi connectivity index (χ3n) is 2.26. The van der Waals surface area contributed by atoms with Gasteiger partial charge in [0.05, 0.1) is 2.88 Å². The SMILES string of the molecule is OC(c1csc(I)c1)c1ccc(F)c(F)c1F. The van der Waals surface area contributed by atoms with Crippen LogP contribution in [0.5, 0.6) is 0 Å². The summed E-state index contributed by atoms with van der Waals surface area (Å²) >= 11 is 3.43. The Morgan fingerprint density at radius 2 is 1.88 bits per heavy atom. The molecule has 1 aromatic carbocycles. The third-order valence-corrected chi connectivity index (χ3v) is 4.07. The van der Waals surface area contributed by atoms with Crippen molar-refractivity contribution in [1.82, 2.24) is 0 Å². The van der Waals surface area contributed by atoms with E-state index in [4.69, 9.17) is 0 Å². The van der Waals surface area contributed by atoms with Crippen molar-refractivity contribution in [3.63, 3.8) is 0 Å². The first-order valence-electron chi connectivity index (χ1n) is 4.56. The molecule has 0 aliphatic heterocycles. The molecule has 0 fully saturated rings. The van der Waals surface area contributed by atoms with Gasteiger partial charge in [0.2, 0.25) is 0 Å². The molecule has 1 heterocycles. The van der Waals surface area contributed by atoms with Gasteiger partial charge in [-0.1, -0.05) is 6.07 Å². The quantitative estimate of drug-likeness (QED) is 0.629. The second kappa shape index (κ2) is 4.95. The van der Waals surface area contributed by atoms with Crippen LogP contribution in [-0.2, 0) is 0 Å². The summed E-state index contributed by atoms with van der Waals surface area (Å²) < 4.78 is 40.1. The van der Waals surface area contributed by atoms with Crippen LogP contribution in [0.25, 0.3) is 0 Å². The van der Waals surface area contributed by atoms with E-state index in [2.05, 4.69) is 22.6 Å². The van der Waals surface area contributed by atoms with E-state index >= 15 is 0 Å². The van der Waals surface area contributed by atoms with Gasteiger partial charge >= 0.3 is 0 Å². The zero-order valence-electron chi connectivity index (χ0n) is 8.25. The summed E-state index contributed by atoms with van der Waals surface area (Å²) in [5.41, 5.74) is 0.197. The Morgan fingerprint density at radius 1 is 1.18 bits per heavy atom. The number of aliphatic hydroxyl groups excluding tert-OH is 1. The molecule has 0 radical (unpaired) electrons. The molecule has 0 aliphatic carbocycles. The van der Waals surface area contributed by atoms with E-state index in [0.717, 1.165) is 15.0 Å². The number of aliphatic hydroxyl groups is 1. The first-order valence-corrected chi connectivity index (χ1v) is 6.52. The topological polar surface area (TPSA) is 20.2 Å². The van der Waals surface area contributed by atoms with E-state index in [1.807, 2.05) is 0 Å². The molecule has 0 saturated carbocycles. The van der Waals surface area contributed by atoms with E-state index in [0.29, 0.717) is 5.56 Å². The fourth-order valence-corrected chi connectivity index (χ4v) is 2.79. The monoisotopic (exact) mass is 370 g/mol. The molecule has 1 aromatic heterocycles. The number of halogens is 4. The number of hydrogen-bond donors (Lipinski definition) is 1. The van der Waals surface area contributed by atoms with E-state index in [-0.39, 0.29) is 5.56 Å². The maximum Gasteiger partial charge on any atom is 0.194 e.